The molecule has 18 heavy (non-hydrogen) atoms. The lowest BCUT2D eigenvalue weighted by molar-refractivity contribution is 0.389. The van der Waals surface area contributed by atoms with Gasteiger partial charge in [0.25, 0.3) is 0 Å². The number of rotatable bonds is 6. The van der Waals surface area contributed by atoms with E-state index in [2.05, 4.69) is 6.92 Å². The van der Waals surface area contributed by atoms with Gasteiger partial charge in [-0.1, -0.05) is 6.92 Å². The summed E-state index contributed by atoms with van der Waals surface area (Å²) >= 11 is 1.65. The summed E-state index contributed by atoms with van der Waals surface area (Å²) in [5, 5.41) is 0. The minimum absolute atomic E-state index is 0. The first-order valence-corrected chi connectivity index (χ1v) is 6.93. The number of methoxy groups -OCH3 is 2. The Morgan fingerprint density at radius 1 is 1.22 bits per heavy atom. The minimum Gasteiger partial charge on any atom is -0.496 e. The Morgan fingerprint density at radius 3 is 2.28 bits per heavy atom. The fraction of sp³-hybridized carbons (Fsp3) is 0.538. The van der Waals surface area contributed by atoms with Gasteiger partial charge in [-0.3, -0.25) is 0 Å². The maximum absolute atomic E-state index is 5.99. The van der Waals surface area contributed by atoms with Gasteiger partial charge in [-0.15, -0.1) is 24.2 Å². The monoisotopic (exact) mass is 291 g/mol. The molecule has 0 saturated carbocycles. The normalized spacial score (nSPS) is 11.6. The zero-order chi connectivity index (χ0) is 12.8. The second-order valence-corrected chi connectivity index (χ2v) is 4.74. The predicted octanol–water partition coefficient (Wildman–Crippen LogP) is 3.13. The average molecular weight is 292 g/mol. The zero-order valence-corrected chi connectivity index (χ0v) is 13.0. The maximum Gasteiger partial charge on any atom is 0.132 e. The van der Waals surface area contributed by atoms with Crippen LogP contribution in [-0.2, 0) is 6.42 Å². The van der Waals surface area contributed by atoms with E-state index in [1.54, 1.807) is 26.0 Å². The Hall–Kier alpha value is -0.580. The van der Waals surface area contributed by atoms with Gasteiger partial charge in [-0.2, -0.15) is 0 Å². The van der Waals surface area contributed by atoms with Gasteiger partial charge in [-0.05, 0) is 36.8 Å². The van der Waals surface area contributed by atoms with E-state index >= 15 is 0 Å². The van der Waals surface area contributed by atoms with E-state index in [0.29, 0.717) is 0 Å². The molecule has 3 nitrogen and oxygen atoms in total. The van der Waals surface area contributed by atoms with Gasteiger partial charge < -0.3 is 15.2 Å². The number of nitrogens with two attached hydrogens (primary N) is 1. The molecule has 1 rings (SSSR count). The van der Waals surface area contributed by atoms with E-state index in [9.17, 15) is 0 Å². The van der Waals surface area contributed by atoms with Crippen molar-refractivity contribution in [1.82, 2.24) is 0 Å². The lowest BCUT2D eigenvalue weighted by Gasteiger charge is -2.16. The Bertz CT molecular complexity index is 374. The second-order valence-electron chi connectivity index (χ2n) is 3.89. The molecule has 1 atom stereocenters. The van der Waals surface area contributed by atoms with E-state index < -0.39 is 0 Å². The quantitative estimate of drug-likeness (QED) is 0.818. The van der Waals surface area contributed by atoms with Crippen molar-refractivity contribution in [3.05, 3.63) is 17.7 Å². The van der Waals surface area contributed by atoms with Crippen LogP contribution in [0.4, 0.5) is 0 Å². The number of halogens is 1. The first kappa shape index (κ1) is 17.4. The topological polar surface area (TPSA) is 44.5 Å². The number of ether oxygens (including phenoxy) is 2. The molecule has 0 amide bonds. The standard InChI is InChI=1S/C13H21NO2S.ClH/c1-5-10(14)6-9-7-12(16-3)13(17-4)8-11(9)15-2;/h7-8,10H,5-6,14H2,1-4H3;1H/t10-;/m1./s1. The van der Waals surface area contributed by atoms with Gasteiger partial charge >= 0.3 is 0 Å². The lowest BCUT2D eigenvalue weighted by atomic mass is 10.0. The molecule has 0 aromatic heterocycles. The first-order chi connectivity index (χ1) is 8.15. The Balaban J connectivity index is 0.00000289. The largest absolute Gasteiger partial charge is 0.496 e. The molecule has 0 aliphatic rings. The van der Waals surface area contributed by atoms with Crippen molar-refractivity contribution in [3.8, 4) is 11.5 Å². The van der Waals surface area contributed by atoms with Gasteiger partial charge in [0.2, 0.25) is 0 Å². The van der Waals surface area contributed by atoms with Crippen molar-refractivity contribution < 1.29 is 9.47 Å². The molecule has 0 spiro atoms. The van der Waals surface area contributed by atoms with Crippen LogP contribution in [0.1, 0.15) is 18.9 Å². The maximum atomic E-state index is 5.99. The summed E-state index contributed by atoms with van der Waals surface area (Å²) in [4.78, 5) is 1.08. The van der Waals surface area contributed by atoms with Crippen LogP contribution in [0.5, 0.6) is 11.5 Å². The van der Waals surface area contributed by atoms with E-state index in [1.807, 2.05) is 18.4 Å². The van der Waals surface area contributed by atoms with Crippen LogP contribution in [0.25, 0.3) is 0 Å². The molecule has 0 aliphatic heterocycles. The Labute approximate surface area is 120 Å². The van der Waals surface area contributed by atoms with Crippen LogP contribution in [-0.4, -0.2) is 26.5 Å². The highest BCUT2D eigenvalue weighted by molar-refractivity contribution is 7.98. The van der Waals surface area contributed by atoms with E-state index in [4.69, 9.17) is 15.2 Å². The highest BCUT2D eigenvalue weighted by Gasteiger charge is 2.12. The Morgan fingerprint density at radius 2 is 1.83 bits per heavy atom. The summed E-state index contributed by atoms with van der Waals surface area (Å²) in [6.45, 7) is 2.09. The van der Waals surface area contributed by atoms with Gasteiger partial charge in [-0.25, -0.2) is 0 Å². The molecular formula is C13H22ClNO2S. The number of hydrogen-bond donors (Lipinski definition) is 1. The molecule has 0 saturated heterocycles. The smallest absolute Gasteiger partial charge is 0.132 e. The van der Waals surface area contributed by atoms with Crippen LogP contribution in [0.2, 0.25) is 0 Å². The minimum atomic E-state index is 0. The SMILES string of the molecule is CC[C@@H](N)Cc1cc(OC)c(SC)cc1OC.Cl. The third-order valence-corrected chi connectivity index (χ3v) is 3.55. The van der Waals surface area contributed by atoms with Crippen LogP contribution in [0, 0.1) is 0 Å². The molecule has 0 radical (unpaired) electrons. The fourth-order valence-electron chi connectivity index (χ4n) is 1.68. The van der Waals surface area contributed by atoms with E-state index in [0.717, 1.165) is 34.8 Å². The first-order valence-electron chi connectivity index (χ1n) is 5.70. The fourth-order valence-corrected chi connectivity index (χ4v) is 2.25. The van der Waals surface area contributed by atoms with Crippen molar-refractivity contribution in [2.75, 3.05) is 20.5 Å². The van der Waals surface area contributed by atoms with Crippen molar-refractivity contribution in [1.29, 1.82) is 0 Å². The van der Waals surface area contributed by atoms with Crippen molar-refractivity contribution >= 4 is 24.2 Å². The van der Waals surface area contributed by atoms with Gasteiger partial charge in [0.15, 0.2) is 0 Å². The second kappa shape index (κ2) is 8.51. The molecule has 0 aliphatic carbocycles. The summed E-state index contributed by atoms with van der Waals surface area (Å²) in [6.07, 6.45) is 3.79. The van der Waals surface area contributed by atoms with E-state index in [1.165, 1.54) is 0 Å². The van der Waals surface area contributed by atoms with Crippen molar-refractivity contribution in [3.63, 3.8) is 0 Å². The van der Waals surface area contributed by atoms with Gasteiger partial charge in [0, 0.05) is 6.04 Å². The average Bonchev–Trinajstić information content (AvgIpc) is 2.37. The summed E-state index contributed by atoms with van der Waals surface area (Å²) < 4.78 is 10.8. The lowest BCUT2D eigenvalue weighted by Crippen LogP contribution is -2.21. The number of thioether (sulfide) groups is 1. The number of benzene rings is 1. The van der Waals surface area contributed by atoms with E-state index in [-0.39, 0.29) is 18.4 Å². The number of hydrogen-bond acceptors (Lipinski definition) is 4. The molecule has 0 heterocycles. The molecule has 1 aromatic carbocycles. The van der Waals surface area contributed by atoms with Crippen molar-refractivity contribution in [2.24, 2.45) is 5.73 Å². The third kappa shape index (κ3) is 4.26. The Kier molecular flexibility index (Phi) is 8.24. The highest BCUT2D eigenvalue weighted by Crippen LogP contribution is 2.35. The summed E-state index contributed by atoms with van der Waals surface area (Å²) in [7, 11) is 3.37. The third-order valence-electron chi connectivity index (χ3n) is 2.79. The molecule has 104 valence electrons. The summed E-state index contributed by atoms with van der Waals surface area (Å²) in [6, 6.07) is 4.20. The van der Waals surface area contributed by atoms with Gasteiger partial charge in [0.1, 0.15) is 11.5 Å². The molecule has 1 aromatic rings. The van der Waals surface area contributed by atoms with Crippen LogP contribution in [0.3, 0.4) is 0 Å². The molecule has 2 N–H and O–H groups in total. The molecule has 0 unspecified atom stereocenters. The highest BCUT2D eigenvalue weighted by atomic mass is 35.5. The van der Waals surface area contributed by atoms with Crippen LogP contribution < -0.4 is 15.2 Å². The predicted molar refractivity (Wildman–Crippen MR) is 80.5 cm³/mol. The molecule has 0 fully saturated rings. The summed E-state index contributed by atoms with van der Waals surface area (Å²) in [5.74, 6) is 1.77. The summed E-state index contributed by atoms with van der Waals surface area (Å²) in [5.41, 5.74) is 7.10. The molecule has 0 bridgehead atoms. The zero-order valence-electron chi connectivity index (χ0n) is 11.4. The van der Waals surface area contributed by atoms with Crippen molar-refractivity contribution in [2.45, 2.75) is 30.7 Å². The van der Waals surface area contributed by atoms with Gasteiger partial charge in [0.05, 0.1) is 19.1 Å². The van der Waals surface area contributed by atoms with Crippen LogP contribution in [0.15, 0.2) is 17.0 Å². The molecule has 5 heteroatoms. The van der Waals surface area contributed by atoms with Crippen LogP contribution >= 0.6 is 24.2 Å². The molecular weight excluding hydrogens is 270 g/mol.